The number of hydrogen-bond donors (Lipinski definition) is 0. The van der Waals surface area contributed by atoms with Crippen LogP contribution < -0.4 is 0 Å². The molecule has 0 saturated heterocycles. The zero-order chi connectivity index (χ0) is 36.3. The Labute approximate surface area is 334 Å². The zero-order valence-corrected chi connectivity index (χ0v) is 31.4. The Balaban J connectivity index is 0.000000270. The van der Waals surface area contributed by atoms with Crippen LogP contribution in [0.15, 0.2) is 182 Å². The van der Waals surface area contributed by atoms with E-state index in [1.54, 1.807) is 146 Å². The van der Waals surface area contributed by atoms with Crippen LogP contribution in [0.3, 0.4) is 0 Å². The van der Waals surface area contributed by atoms with Crippen molar-refractivity contribution in [3.05, 3.63) is 235 Å². The molecule has 0 radical (unpaired) electrons. The average Bonchev–Trinajstić information content (AvgIpc) is 3.20. The molecule has 0 aromatic heterocycles. The first-order valence-electron chi connectivity index (χ1n) is 15.9. The number of hydrogen-bond acceptors (Lipinski definition) is 6. The van der Waals surface area contributed by atoms with E-state index in [2.05, 4.69) is 0 Å². The van der Waals surface area contributed by atoms with E-state index >= 15 is 0 Å². The molecule has 7 nitrogen and oxygen atoms in total. The van der Waals surface area contributed by atoms with Gasteiger partial charge in [0, 0.05) is 0 Å². The molecule has 0 spiro atoms. The van der Waals surface area contributed by atoms with Gasteiger partial charge in [-0.25, -0.2) is 0 Å². The van der Waals surface area contributed by atoms with Gasteiger partial charge in [0.1, 0.15) is 0 Å². The molecule has 0 bridgehead atoms. The van der Waals surface area contributed by atoms with Crippen LogP contribution >= 0.6 is 0 Å². The van der Waals surface area contributed by atoms with Gasteiger partial charge < -0.3 is 34.2 Å². The first-order chi connectivity index (χ1) is 24.8. The number of Topliss-reactive ketones (excluding diaryl/α,β-unsaturated/α-hetero) is 6. The molecule has 0 aliphatic heterocycles. The van der Waals surface area contributed by atoms with Crippen molar-refractivity contribution in [2.45, 2.75) is 0 Å². The summed E-state index contributed by atoms with van der Waals surface area (Å²) in [6, 6.07) is 52.5. The Morgan fingerprint density at radius 2 is 0.358 bits per heavy atom. The largest absolute Gasteiger partial charge is 3.00 e. The number of benzene rings is 6. The Morgan fingerprint density at radius 1 is 0.245 bits per heavy atom. The third-order valence-electron chi connectivity index (χ3n) is 7.14. The van der Waals surface area contributed by atoms with Crippen molar-refractivity contribution in [2.24, 2.45) is 0 Å². The molecule has 6 aromatic rings. The van der Waals surface area contributed by atoms with Gasteiger partial charge in [0.15, 0.2) is 0 Å². The van der Waals surface area contributed by atoms with Gasteiger partial charge in [-0.2, -0.15) is 0 Å². The zero-order valence-electron chi connectivity index (χ0n) is 28.6. The van der Waals surface area contributed by atoms with Gasteiger partial charge in [-0.1, -0.05) is 162 Å². The maximum absolute atomic E-state index is 11.8. The molecule has 0 aliphatic carbocycles. The maximum atomic E-state index is 11.8. The summed E-state index contributed by atoms with van der Waals surface area (Å²) in [5.74, 6) is -1.59. The van der Waals surface area contributed by atoms with E-state index in [-0.39, 0.29) is 72.9 Å². The summed E-state index contributed by atoms with van der Waals surface area (Å²) in [5, 5.41) is 0. The molecule has 8 heteroatoms. The summed E-state index contributed by atoms with van der Waals surface area (Å²) in [4.78, 5) is 70.5. The first kappa shape index (κ1) is 43.2. The van der Waals surface area contributed by atoms with E-state index < -0.39 is 0 Å². The summed E-state index contributed by atoms with van der Waals surface area (Å²) < 4.78 is 0. The standard InChI is InChI=1S/3C15H11O2.H2O.Y/c3*16-14(12-7-3-1-4-8-12)11-15(17)13-9-5-2-6-10-13;;/h3*1-11H;1H2;/q3*-1;;+3. The van der Waals surface area contributed by atoms with Gasteiger partial charge in [0.05, 0.1) is 34.7 Å². The predicted octanol–water partition coefficient (Wildman–Crippen LogP) is 8.04. The molecule has 0 unspecified atom stereocenters. The van der Waals surface area contributed by atoms with E-state index in [0.29, 0.717) is 33.4 Å². The van der Waals surface area contributed by atoms with Gasteiger partial charge in [0.2, 0.25) is 0 Å². The van der Waals surface area contributed by atoms with Crippen LogP contribution in [0.2, 0.25) is 0 Å². The molecule has 6 rings (SSSR count). The fraction of sp³-hybridized carbons (Fsp3) is 0. The molecule has 2 N–H and O–H groups in total. The quantitative estimate of drug-likeness (QED) is 0.0702. The minimum absolute atomic E-state index is 0. The van der Waals surface area contributed by atoms with Crippen molar-refractivity contribution in [1.29, 1.82) is 0 Å². The van der Waals surface area contributed by atoms with Crippen molar-refractivity contribution in [3.8, 4) is 0 Å². The van der Waals surface area contributed by atoms with Crippen LogP contribution in [0.1, 0.15) is 62.1 Å². The molecular formula is C45H35O7Y. The third-order valence-corrected chi connectivity index (χ3v) is 7.14. The van der Waals surface area contributed by atoms with E-state index in [0.717, 1.165) is 19.3 Å². The minimum atomic E-state index is -0.264. The fourth-order valence-corrected chi connectivity index (χ4v) is 4.47. The van der Waals surface area contributed by atoms with Crippen molar-refractivity contribution in [3.63, 3.8) is 0 Å². The Bertz CT molecular complexity index is 1650. The molecule has 0 saturated carbocycles. The summed E-state index contributed by atoms with van der Waals surface area (Å²) in [7, 11) is 0. The van der Waals surface area contributed by atoms with E-state index in [9.17, 15) is 28.8 Å². The predicted molar refractivity (Wildman–Crippen MR) is 201 cm³/mol. The smallest absolute Gasteiger partial charge is 0.412 e. The van der Waals surface area contributed by atoms with Crippen LogP contribution in [0.4, 0.5) is 0 Å². The number of rotatable bonds is 12. The Morgan fingerprint density at radius 3 is 0.472 bits per heavy atom. The van der Waals surface area contributed by atoms with E-state index in [1.165, 1.54) is 0 Å². The molecular weight excluding hydrogens is 741 g/mol. The van der Waals surface area contributed by atoms with Gasteiger partial charge in [-0.15, -0.1) is 72.8 Å². The van der Waals surface area contributed by atoms with Crippen LogP contribution in [0, 0.1) is 19.3 Å². The number of carbonyl (C=O) groups excluding carboxylic acids is 6. The maximum Gasteiger partial charge on any atom is 3.00 e. The van der Waals surface area contributed by atoms with Crippen LogP contribution in [0.5, 0.6) is 0 Å². The normalized spacial score (nSPS) is 9.28. The summed E-state index contributed by atoms with van der Waals surface area (Å²) in [6.45, 7) is 0. The molecule has 260 valence electrons. The second-order valence-electron chi connectivity index (χ2n) is 10.8. The number of carbonyl (C=O) groups is 6. The third kappa shape index (κ3) is 14.6. The topological polar surface area (TPSA) is 134 Å². The van der Waals surface area contributed by atoms with Crippen molar-refractivity contribution >= 4 is 34.7 Å². The van der Waals surface area contributed by atoms with Gasteiger partial charge in [-0.3, -0.25) is 0 Å². The Kier molecular flexibility index (Phi) is 19.1. The monoisotopic (exact) mass is 776 g/mol. The molecule has 0 aliphatic rings. The van der Waals surface area contributed by atoms with Gasteiger partial charge in [0.25, 0.3) is 0 Å². The first-order valence-corrected chi connectivity index (χ1v) is 15.9. The van der Waals surface area contributed by atoms with Crippen molar-refractivity contribution in [1.82, 2.24) is 0 Å². The second-order valence-corrected chi connectivity index (χ2v) is 10.8. The molecule has 53 heavy (non-hydrogen) atoms. The van der Waals surface area contributed by atoms with Crippen LogP contribution in [0.25, 0.3) is 0 Å². The summed E-state index contributed by atoms with van der Waals surface area (Å²) in [5.41, 5.74) is 3.15. The second kappa shape index (κ2) is 23.5. The molecule has 0 heterocycles. The Hall–Kier alpha value is -5.99. The summed E-state index contributed by atoms with van der Waals surface area (Å²) in [6.07, 6.45) is 3.39. The average molecular weight is 777 g/mol. The molecule has 6 aromatic carbocycles. The summed E-state index contributed by atoms with van der Waals surface area (Å²) >= 11 is 0. The van der Waals surface area contributed by atoms with Crippen LogP contribution in [-0.2, 0) is 32.7 Å². The van der Waals surface area contributed by atoms with Gasteiger partial charge in [-0.05, 0) is 0 Å². The molecule has 0 atom stereocenters. The van der Waals surface area contributed by atoms with E-state index in [1.807, 2.05) is 36.4 Å². The van der Waals surface area contributed by atoms with Crippen molar-refractivity contribution in [2.75, 3.05) is 0 Å². The van der Waals surface area contributed by atoms with Crippen molar-refractivity contribution < 1.29 is 67.0 Å². The number of ketones is 6. The molecule has 0 amide bonds. The molecule has 0 fully saturated rings. The SMILES string of the molecule is O.O=C([CH-]C(=O)c1ccccc1)c1ccccc1.O=C([CH-]C(=O)c1ccccc1)c1ccccc1.O=C([CH-]C(=O)c1ccccc1)c1ccccc1.[Y+3]. The van der Waals surface area contributed by atoms with E-state index in [4.69, 9.17) is 0 Å². The van der Waals surface area contributed by atoms with Gasteiger partial charge >= 0.3 is 32.7 Å². The fourth-order valence-electron chi connectivity index (χ4n) is 4.47. The van der Waals surface area contributed by atoms with Crippen LogP contribution in [-0.4, -0.2) is 40.2 Å². The minimum Gasteiger partial charge on any atom is -0.412 e.